The molecule has 0 aromatic heterocycles. The molecule has 0 aromatic rings. The van der Waals surface area contributed by atoms with E-state index >= 15 is 0 Å². The van der Waals surface area contributed by atoms with Crippen LogP contribution in [0.4, 0.5) is 0 Å². The topological polar surface area (TPSA) is 180 Å². The lowest BCUT2D eigenvalue weighted by Crippen LogP contribution is -2.30. The van der Waals surface area contributed by atoms with Gasteiger partial charge in [0, 0.05) is 0 Å². The zero-order valence-electron chi connectivity index (χ0n) is 26.2. The molecule has 0 radical (unpaired) electrons. The van der Waals surface area contributed by atoms with Crippen LogP contribution in [-0.4, -0.2) is 134 Å². The first-order valence-corrected chi connectivity index (χ1v) is 14.2. The van der Waals surface area contributed by atoms with Crippen molar-refractivity contribution in [3.05, 3.63) is 0 Å². The molecule has 13 heteroatoms. The standard InChI is InChI=1S/C24H50O9.C4H6O4/c1-17(26)10-27-19(3)12-29-21(5)14-31-23(7)16-33-24(8)15-32-22(6)13-30-20(4)11-28-18(2)9-25;5-3(6)1-2-4(7)8/h17-26H,9-16H2,1-8H3;1-2H2,(H,5,6)(H,7,8). The average Bonchev–Trinajstić information content (AvgIpc) is 2.92. The third-order valence-corrected chi connectivity index (χ3v) is 5.12. The molecule has 0 heterocycles. The summed E-state index contributed by atoms with van der Waals surface area (Å²) in [6.45, 7) is 18.2. The van der Waals surface area contributed by atoms with Gasteiger partial charge in [0.05, 0.1) is 115 Å². The van der Waals surface area contributed by atoms with Crippen molar-refractivity contribution in [3.63, 3.8) is 0 Å². The van der Waals surface area contributed by atoms with E-state index in [0.717, 1.165) is 0 Å². The van der Waals surface area contributed by atoms with Crippen LogP contribution >= 0.6 is 0 Å². The van der Waals surface area contributed by atoms with Crippen LogP contribution < -0.4 is 0 Å². The Labute approximate surface area is 245 Å². The molecular weight excluding hydrogens is 544 g/mol. The molecule has 0 fully saturated rings. The van der Waals surface area contributed by atoms with E-state index < -0.39 is 18.0 Å². The molecule has 0 saturated heterocycles. The first-order chi connectivity index (χ1) is 19.2. The fourth-order valence-electron chi connectivity index (χ4n) is 2.66. The number of carboxylic acids is 2. The summed E-state index contributed by atoms with van der Waals surface area (Å²) in [4.78, 5) is 19.3. The lowest BCUT2D eigenvalue weighted by atomic mass is 10.3. The Kier molecular flexibility index (Phi) is 26.7. The van der Waals surface area contributed by atoms with Crippen LogP contribution in [0.15, 0.2) is 0 Å². The Bertz CT molecular complexity index is 620. The van der Waals surface area contributed by atoms with Crippen molar-refractivity contribution >= 4 is 11.9 Å². The van der Waals surface area contributed by atoms with E-state index in [4.69, 9.17) is 48.5 Å². The lowest BCUT2D eigenvalue weighted by Gasteiger charge is -2.22. The maximum absolute atomic E-state index is 9.64. The monoisotopic (exact) mass is 600 g/mol. The minimum atomic E-state index is -1.08. The fraction of sp³-hybridized carbons (Fsp3) is 0.929. The number of hydrogen-bond donors (Lipinski definition) is 4. The van der Waals surface area contributed by atoms with Gasteiger partial charge in [-0.15, -0.1) is 0 Å². The highest BCUT2D eigenvalue weighted by Gasteiger charge is 2.14. The average molecular weight is 601 g/mol. The van der Waals surface area contributed by atoms with Gasteiger partial charge in [-0.1, -0.05) is 0 Å². The van der Waals surface area contributed by atoms with E-state index in [-0.39, 0.29) is 62.2 Å². The summed E-state index contributed by atoms with van der Waals surface area (Å²) in [5.74, 6) is -2.15. The molecule has 0 aliphatic heterocycles. The van der Waals surface area contributed by atoms with Crippen LogP contribution in [0.1, 0.15) is 68.2 Å². The summed E-state index contributed by atoms with van der Waals surface area (Å²) in [7, 11) is 0. The molecule has 246 valence electrons. The molecule has 8 atom stereocenters. The maximum Gasteiger partial charge on any atom is 0.303 e. The highest BCUT2D eigenvalue weighted by atomic mass is 16.6. The van der Waals surface area contributed by atoms with Crippen LogP contribution in [0.5, 0.6) is 0 Å². The molecule has 0 aromatic carbocycles. The predicted octanol–water partition coefficient (Wildman–Crippen LogP) is 2.13. The van der Waals surface area contributed by atoms with Crippen LogP contribution in [0.2, 0.25) is 0 Å². The van der Waals surface area contributed by atoms with Gasteiger partial charge in [0.25, 0.3) is 0 Å². The van der Waals surface area contributed by atoms with Gasteiger partial charge in [-0.2, -0.15) is 0 Å². The normalized spacial score (nSPS) is 17.3. The second kappa shape index (κ2) is 26.2. The van der Waals surface area contributed by atoms with Crippen molar-refractivity contribution in [2.24, 2.45) is 0 Å². The Morgan fingerprint density at radius 2 is 0.683 bits per heavy atom. The predicted molar refractivity (Wildman–Crippen MR) is 151 cm³/mol. The molecule has 8 unspecified atom stereocenters. The Balaban J connectivity index is 0. The summed E-state index contributed by atoms with van der Waals surface area (Å²) >= 11 is 0. The molecular formula is C28H56O13. The van der Waals surface area contributed by atoms with Crippen molar-refractivity contribution in [1.29, 1.82) is 0 Å². The van der Waals surface area contributed by atoms with Gasteiger partial charge in [0.15, 0.2) is 0 Å². The number of hydrogen-bond acceptors (Lipinski definition) is 11. The zero-order chi connectivity index (χ0) is 31.8. The third kappa shape index (κ3) is 31.3. The van der Waals surface area contributed by atoms with E-state index in [9.17, 15) is 14.7 Å². The van der Waals surface area contributed by atoms with E-state index in [1.165, 1.54) is 0 Å². The molecule has 0 saturated carbocycles. The second-order valence-corrected chi connectivity index (χ2v) is 10.3. The highest BCUT2D eigenvalue weighted by Crippen LogP contribution is 2.05. The van der Waals surface area contributed by atoms with E-state index in [2.05, 4.69) is 0 Å². The molecule has 0 spiro atoms. The van der Waals surface area contributed by atoms with Gasteiger partial charge in [-0.05, 0) is 55.4 Å². The third-order valence-electron chi connectivity index (χ3n) is 5.12. The summed E-state index contributed by atoms with van der Waals surface area (Å²) in [5.41, 5.74) is 0. The molecule has 0 rings (SSSR count). The van der Waals surface area contributed by atoms with E-state index in [1.807, 2.05) is 48.5 Å². The molecule has 0 aliphatic rings. The quantitative estimate of drug-likeness (QED) is 0.120. The fourth-order valence-corrected chi connectivity index (χ4v) is 2.66. The van der Waals surface area contributed by atoms with Crippen molar-refractivity contribution in [2.45, 2.75) is 117 Å². The highest BCUT2D eigenvalue weighted by molar-refractivity contribution is 5.75. The molecule has 13 nitrogen and oxygen atoms in total. The smallest absolute Gasteiger partial charge is 0.303 e. The number of aliphatic hydroxyl groups is 2. The minimum Gasteiger partial charge on any atom is -0.481 e. The zero-order valence-corrected chi connectivity index (χ0v) is 26.2. The van der Waals surface area contributed by atoms with Crippen LogP contribution in [0.3, 0.4) is 0 Å². The summed E-state index contributed by atoms with van der Waals surface area (Å²) in [5, 5.41) is 34.0. The molecule has 4 N–H and O–H groups in total. The Morgan fingerprint density at radius 1 is 0.463 bits per heavy atom. The number of ether oxygens (including phenoxy) is 7. The summed E-state index contributed by atoms with van der Waals surface area (Å²) in [6.07, 6.45) is -1.66. The van der Waals surface area contributed by atoms with Crippen molar-refractivity contribution in [1.82, 2.24) is 0 Å². The first kappa shape index (κ1) is 41.7. The SMILES string of the molecule is CC(O)COC(C)COC(C)COC(C)COC(C)COC(C)COC(C)COC(C)CO.O=C(O)CCC(=O)O. The summed E-state index contributed by atoms with van der Waals surface area (Å²) < 4.78 is 39.8. The number of aliphatic carboxylic acids is 2. The van der Waals surface area contributed by atoms with Crippen LogP contribution in [-0.2, 0) is 42.7 Å². The number of rotatable bonds is 25. The molecule has 41 heavy (non-hydrogen) atoms. The number of carboxylic acid groups (broad SMARTS) is 2. The van der Waals surface area contributed by atoms with E-state index in [1.54, 1.807) is 6.92 Å². The van der Waals surface area contributed by atoms with Gasteiger partial charge < -0.3 is 53.6 Å². The largest absolute Gasteiger partial charge is 0.481 e. The van der Waals surface area contributed by atoms with Gasteiger partial charge in [-0.3, -0.25) is 9.59 Å². The van der Waals surface area contributed by atoms with Crippen LogP contribution in [0.25, 0.3) is 0 Å². The first-order valence-electron chi connectivity index (χ1n) is 14.2. The van der Waals surface area contributed by atoms with Gasteiger partial charge in [0.2, 0.25) is 0 Å². The summed E-state index contributed by atoms with van der Waals surface area (Å²) in [6, 6.07) is 0. The van der Waals surface area contributed by atoms with Crippen LogP contribution in [0, 0.1) is 0 Å². The molecule has 0 amide bonds. The lowest BCUT2D eigenvalue weighted by molar-refractivity contribution is -0.143. The Hall–Kier alpha value is -1.42. The Morgan fingerprint density at radius 3 is 0.878 bits per heavy atom. The second-order valence-electron chi connectivity index (χ2n) is 10.3. The number of carbonyl (C=O) groups is 2. The van der Waals surface area contributed by atoms with Gasteiger partial charge >= 0.3 is 11.9 Å². The van der Waals surface area contributed by atoms with Crippen molar-refractivity contribution < 1.29 is 63.2 Å². The maximum atomic E-state index is 9.64. The van der Waals surface area contributed by atoms with Crippen molar-refractivity contribution in [3.8, 4) is 0 Å². The van der Waals surface area contributed by atoms with Gasteiger partial charge in [-0.25, -0.2) is 0 Å². The van der Waals surface area contributed by atoms with Gasteiger partial charge in [0.1, 0.15) is 0 Å². The molecule has 0 bridgehead atoms. The van der Waals surface area contributed by atoms with E-state index in [0.29, 0.717) is 46.2 Å². The minimum absolute atomic E-state index is 0.000849. The number of aliphatic hydroxyl groups excluding tert-OH is 2. The van der Waals surface area contributed by atoms with Crippen molar-refractivity contribution in [2.75, 3.05) is 52.9 Å². The molecule has 0 aliphatic carbocycles.